The predicted octanol–water partition coefficient (Wildman–Crippen LogP) is 1.96. The predicted molar refractivity (Wildman–Crippen MR) is 99.8 cm³/mol. The molecule has 0 N–H and O–H groups in total. The van der Waals surface area contributed by atoms with Gasteiger partial charge in [0.05, 0.1) is 20.2 Å². The number of rotatable bonds is 9. The molecule has 0 fully saturated rings. The van der Waals surface area contributed by atoms with Crippen LogP contribution in [0.2, 0.25) is 0 Å². The van der Waals surface area contributed by atoms with Crippen LogP contribution in [0.4, 0.5) is 0 Å². The quantitative estimate of drug-likeness (QED) is 0.654. The molecule has 0 heterocycles. The number of nitrogens with zero attached hydrogens (tertiary/aromatic N) is 4. The first-order valence-corrected chi connectivity index (χ1v) is 7.91. The van der Waals surface area contributed by atoms with Gasteiger partial charge in [0.2, 0.25) is 0 Å². The van der Waals surface area contributed by atoms with Gasteiger partial charge in [0, 0.05) is 36.6 Å². The summed E-state index contributed by atoms with van der Waals surface area (Å²) in [6.07, 6.45) is 3.79. The van der Waals surface area contributed by atoms with E-state index in [2.05, 4.69) is 38.8 Å². The fraction of sp³-hybridized carbons (Fsp3) is 0.556. The van der Waals surface area contributed by atoms with Crippen molar-refractivity contribution in [3.05, 3.63) is 28.8 Å². The third-order valence-corrected chi connectivity index (χ3v) is 3.31. The van der Waals surface area contributed by atoms with E-state index in [-0.39, 0.29) is 0 Å². The summed E-state index contributed by atoms with van der Waals surface area (Å²) in [4.78, 5) is 13.2. The molecule has 5 heteroatoms. The molecule has 0 spiro atoms. The maximum absolute atomic E-state index is 5.58. The van der Waals surface area contributed by atoms with Crippen LogP contribution in [0, 0.1) is 6.92 Å². The highest BCUT2D eigenvalue weighted by atomic mass is 16.5. The lowest BCUT2D eigenvalue weighted by Crippen LogP contribution is -2.15. The van der Waals surface area contributed by atoms with E-state index in [1.807, 2.05) is 40.6 Å². The number of ether oxygens (including phenoxy) is 1. The normalized spacial score (nSPS) is 12.2. The van der Waals surface area contributed by atoms with E-state index in [0.29, 0.717) is 0 Å². The van der Waals surface area contributed by atoms with Crippen LogP contribution in [0.5, 0.6) is 5.75 Å². The summed E-state index contributed by atoms with van der Waals surface area (Å²) in [6, 6.07) is 4.18. The molecular formula is C18H30N4O. The van der Waals surface area contributed by atoms with Crippen LogP contribution in [0.25, 0.3) is 0 Å². The maximum atomic E-state index is 5.58. The second-order valence-electron chi connectivity index (χ2n) is 6.15. The molecular weight excluding hydrogens is 288 g/mol. The van der Waals surface area contributed by atoms with Crippen LogP contribution >= 0.6 is 0 Å². The summed E-state index contributed by atoms with van der Waals surface area (Å²) in [6.45, 7) is 5.49. The molecule has 0 aliphatic carbocycles. The van der Waals surface area contributed by atoms with Gasteiger partial charge in [-0.1, -0.05) is 0 Å². The number of likely N-dealkylation sites (N-methyl/N-ethyl adjacent to an activating group) is 2. The Kier molecular flexibility index (Phi) is 8.51. The Hall–Kier alpha value is -1.72. The molecule has 1 rings (SSSR count). The zero-order valence-electron chi connectivity index (χ0n) is 15.3. The zero-order chi connectivity index (χ0) is 17.2. The molecule has 0 saturated heterocycles. The van der Waals surface area contributed by atoms with E-state index in [1.54, 1.807) is 7.11 Å². The Bertz CT molecular complexity index is 493. The van der Waals surface area contributed by atoms with Gasteiger partial charge in [0.15, 0.2) is 0 Å². The van der Waals surface area contributed by atoms with Crippen LogP contribution in [0.15, 0.2) is 22.1 Å². The van der Waals surface area contributed by atoms with Crippen LogP contribution in [-0.2, 0) is 0 Å². The Morgan fingerprint density at radius 2 is 1.35 bits per heavy atom. The summed E-state index contributed by atoms with van der Waals surface area (Å²) in [7, 11) is 9.88. The molecule has 0 aliphatic heterocycles. The van der Waals surface area contributed by atoms with Crippen LogP contribution < -0.4 is 4.74 Å². The first-order valence-electron chi connectivity index (χ1n) is 7.91. The number of hydrogen-bond acceptors (Lipinski definition) is 5. The lowest BCUT2D eigenvalue weighted by atomic mass is 10.1. The van der Waals surface area contributed by atoms with Crippen molar-refractivity contribution < 1.29 is 4.74 Å². The average Bonchev–Trinajstić information content (AvgIpc) is 2.47. The minimum absolute atomic E-state index is 0.774. The van der Waals surface area contributed by atoms with Gasteiger partial charge in [-0.2, -0.15) is 0 Å². The Labute approximate surface area is 140 Å². The van der Waals surface area contributed by atoms with Crippen molar-refractivity contribution in [2.75, 3.05) is 61.5 Å². The van der Waals surface area contributed by atoms with E-state index in [9.17, 15) is 0 Å². The highest BCUT2D eigenvalue weighted by Gasteiger charge is 2.07. The van der Waals surface area contributed by atoms with Gasteiger partial charge in [0.1, 0.15) is 5.75 Å². The number of aliphatic imine (C=N–C) groups is 2. The van der Waals surface area contributed by atoms with Gasteiger partial charge in [0.25, 0.3) is 0 Å². The summed E-state index contributed by atoms with van der Waals surface area (Å²) < 4.78 is 5.58. The standard InChI is InChI=1S/C18H30N4O/c1-15-11-16(13-19-7-9-21(2)3)18(23-6)17(12-15)14-20-8-10-22(4)5/h11-14H,7-10H2,1-6H3. The molecule has 0 atom stereocenters. The average molecular weight is 318 g/mol. The molecule has 0 amide bonds. The largest absolute Gasteiger partial charge is 0.495 e. The maximum Gasteiger partial charge on any atom is 0.136 e. The smallest absolute Gasteiger partial charge is 0.136 e. The molecule has 5 nitrogen and oxygen atoms in total. The van der Waals surface area contributed by atoms with Crippen LogP contribution in [0.3, 0.4) is 0 Å². The first-order chi connectivity index (χ1) is 10.9. The van der Waals surface area contributed by atoms with Gasteiger partial charge in [-0.05, 0) is 52.8 Å². The van der Waals surface area contributed by atoms with Gasteiger partial charge in [-0.3, -0.25) is 9.98 Å². The van der Waals surface area contributed by atoms with Gasteiger partial charge < -0.3 is 14.5 Å². The Morgan fingerprint density at radius 3 is 1.70 bits per heavy atom. The minimum atomic E-state index is 0.774. The van der Waals surface area contributed by atoms with Gasteiger partial charge in [-0.25, -0.2) is 0 Å². The third-order valence-electron chi connectivity index (χ3n) is 3.31. The van der Waals surface area contributed by atoms with Gasteiger partial charge >= 0.3 is 0 Å². The van der Waals surface area contributed by atoms with E-state index in [4.69, 9.17) is 4.74 Å². The summed E-state index contributed by atoms with van der Waals surface area (Å²) in [5.74, 6) is 0.831. The molecule has 1 aromatic carbocycles. The third kappa shape index (κ3) is 7.39. The fourth-order valence-corrected chi connectivity index (χ4v) is 2.10. The van der Waals surface area contributed by atoms with Crippen molar-refractivity contribution >= 4 is 12.4 Å². The lowest BCUT2D eigenvalue weighted by molar-refractivity contribution is 0.412. The van der Waals surface area contributed by atoms with E-state index >= 15 is 0 Å². The molecule has 0 aromatic heterocycles. The molecule has 0 bridgehead atoms. The second kappa shape index (κ2) is 10.1. The van der Waals surface area contributed by atoms with Crippen molar-refractivity contribution in [1.82, 2.24) is 9.80 Å². The lowest BCUT2D eigenvalue weighted by Gasteiger charge is -2.11. The van der Waals surface area contributed by atoms with Crippen molar-refractivity contribution in [2.45, 2.75) is 6.92 Å². The minimum Gasteiger partial charge on any atom is -0.495 e. The van der Waals surface area contributed by atoms with Crippen molar-refractivity contribution in [1.29, 1.82) is 0 Å². The first kappa shape index (κ1) is 19.3. The Morgan fingerprint density at radius 1 is 0.913 bits per heavy atom. The highest BCUT2D eigenvalue weighted by molar-refractivity contribution is 5.92. The van der Waals surface area contributed by atoms with Crippen molar-refractivity contribution in [3.63, 3.8) is 0 Å². The molecule has 0 saturated carbocycles. The van der Waals surface area contributed by atoms with E-state index in [0.717, 1.165) is 43.1 Å². The Balaban J connectivity index is 2.90. The summed E-state index contributed by atoms with van der Waals surface area (Å²) >= 11 is 0. The van der Waals surface area contributed by atoms with Gasteiger partial charge in [-0.15, -0.1) is 0 Å². The SMILES string of the molecule is COc1c(C=NCCN(C)C)cc(C)cc1C=NCCN(C)C. The molecule has 0 radical (unpaired) electrons. The fourth-order valence-electron chi connectivity index (χ4n) is 2.10. The highest BCUT2D eigenvalue weighted by Crippen LogP contribution is 2.23. The molecule has 23 heavy (non-hydrogen) atoms. The molecule has 0 unspecified atom stereocenters. The summed E-state index contributed by atoms with van der Waals surface area (Å²) in [5.41, 5.74) is 3.18. The topological polar surface area (TPSA) is 40.4 Å². The number of hydrogen-bond donors (Lipinski definition) is 0. The molecule has 128 valence electrons. The summed E-state index contributed by atoms with van der Waals surface area (Å²) in [5, 5.41) is 0. The molecule has 0 aliphatic rings. The van der Waals surface area contributed by atoms with Crippen molar-refractivity contribution in [3.8, 4) is 5.75 Å². The number of aryl methyl sites for hydroxylation is 1. The van der Waals surface area contributed by atoms with E-state index in [1.165, 1.54) is 5.56 Å². The number of benzene rings is 1. The zero-order valence-corrected chi connectivity index (χ0v) is 15.3. The second-order valence-corrected chi connectivity index (χ2v) is 6.15. The van der Waals surface area contributed by atoms with Crippen LogP contribution in [0.1, 0.15) is 16.7 Å². The van der Waals surface area contributed by atoms with E-state index < -0.39 is 0 Å². The van der Waals surface area contributed by atoms with Crippen molar-refractivity contribution in [2.24, 2.45) is 9.98 Å². The number of methoxy groups -OCH3 is 1. The molecule has 1 aromatic rings. The monoisotopic (exact) mass is 318 g/mol. The van der Waals surface area contributed by atoms with Crippen LogP contribution in [-0.4, -0.2) is 83.7 Å².